The van der Waals surface area contributed by atoms with Crippen LogP contribution in [0.4, 0.5) is 0 Å². The summed E-state index contributed by atoms with van der Waals surface area (Å²) in [6, 6.07) is 0. The summed E-state index contributed by atoms with van der Waals surface area (Å²) in [5.74, 6) is 0. The molecule has 0 bridgehead atoms. The minimum atomic E-state index is -0.427. The quantitative estimate of drug-likeness (QED) is 0.543. The van der Waals surface area contributed by atoms with Gasteiger partial charge in [-0.3, -0.25) is 0 Å². The summed E-state index contributed by atoms with van der Waals surface area (Å²) in [6.07, 6.45) is 3.49. The highest BCUT2D eigenvalue weighted by Gasteiger charge is 2.13. The second kappa shape index (κ2) is 2.46. The molecule has 1 rings (SSSR count). The van der Waals surface area contributed by atoms with Crippen LogP contribution >= 0.6 is 0 Å². The average molecular weight is 139 g/mol. The van der Waals surface area contributed by atoms with E-state index in [0.29, 0.717) is 0 Å². The number of allylic oxidation sites excluding steroid dienone is 2. The Bertz CT molecular complexity index is 193. The summed E-state index contributed by atoms with van der Waals surface area (Å²) in [4.78, 5) is 1.80. The van der Waals surface area contributed by atoms with E-state index in [4.69, 9.17) is 0 Å². The van der Waals surface area contributed by atoms with E-state index in [1.54, 1.807) is 4.90 Å². The number of aliphatic hydroxyl groups excluding tert-OH is 1. The molecule has 1 atom stereocenters. The Labute approximate surface area is 61.5 Å². The number of aliphatic hydroxyl groups is 1. The topological polar surface area (TPSA) is 23.5 Å². The van der Waals surface area contributed by atoms with Gasteiger partial charge in [0.25, 0.3) is 0 Å². The first-order chi connectivity index (χ1) is 4.61. The third-order valence-corrected chi connectivity index (χ3v) is 1.66. The van der Waals surface area contributed by atoms with E-state index in [2.05, 4.69) is 0 Å². The first kappa shape index (κ1) is 7.35. The highest BCUT2D eigenvalue weighted by Crippen LogP contribution is 2.15. The van der Waals surface area contributed by atoms with E-state index in [0.717, 1.165) is 5.57 Å². The number of nitrogens with zero attached hydrogens (tertiary/aromatic N) is 1. The number of hydrogen-bond acceptors (Lipinski definition) is 2. The zero-order chi connectivity index (χ0) is 7.72. The molecule has 0 spiro atoms. The molecule has 0 fully saturated rings. The van der Waals surface area contributed by atoms with Gasteiger partial charge in [0.2, 0.25) is 0 Å². The first-order valence-corrected chi connectivity index (χ1v) is 3.38. The molecule has 0 radical (unpaired) electrons. The van der Waals surface area contributed by atoms with Gasteiger partial charge in [0.05, 0.1) is 0 Å². The minimum Gasteiger partial charge on any atom is -0.370 e. The van der Waals surface area contributed by atoms with Gasteiger partial charge in [-0.1, -0.05) is 6.08 Å². The van der Waals surface area contributed by atoms with Crippen LogP contribution in [0.5, 0.6) is 0 Å². The Kier molecular flexibility index (Phi) is 1.81. The summed E-state index contributed by atoms with van der Waals surface area (Å²) < 4.78 is 0. The van der Waals surface area contributed by atoms with Crippen molar-refractivity contribution in [3.63, 3.8) is 0 Å². The van der Waals surface area contributed by atoms with Crippen molar-refractivity contribution in [1.82, 2.24) is 4.90 Å². The SMILES string of the molecule is CC1=CN(C)C(O)C(C)=C1. The molecule has 2 heteroatoms. The molecule has 0 saturated carbocycles. The second-order valence-electron chi connectivity index (χ2n) is 2.80. The van der Waals surface area contributed by atoms with Crippen LogP contribution in [0.15, 0.2) is 23.4 Å². The largest absolute Gasteiger partial charge is 0.370 e. The van der Waals surface area contributed by atoms with Gasteiger partial charge >= 0.3 is 0 Å². The Balaban J connectivity index is 2.85. The van der Waals surface area contributed by atoms with Crippen LogP contribution in [0.1, 0.15) is 13.8 Å². The van der Waals surface area contributed by atoms with E-state index < -0.39 is 6.23 Å². The van der Waals surface area contributed by atoms with Gasteiger partial charge in [0, 0.05) is 13.2 Å². The van der Waals surface area contributed by atoms with E-state index in [9.17, 15) is 5.11 Å². The number of rotatable bonds is 0. The first-order valence-electron chi connectivity index (χ1n) is 3.38. The summed E-state index contributed by atoms with van der Waals surface area (Å²) in [7, 11) is 1.87. The van der Waals surface area contributed by atoms with Gasteiger partial charge in [-0.15, -0.1) is 0 Å². The molecule has 0 aromatic heterocycles. The summed E-state index contributed by atoms with van der Waals surface area (Å²) >= 11 is 0. The summed E-state index contributed by atoms with van der Waals surface area (Å²) in [5.41, 5.74) is 2.19. The fraction of sp³-hybridized carbons (Fsp3) is 0.500. The molecule has 1 aliphatic rings. The predicted octanol–water partition coefficient (Wildman–Crippen LogP) is 1.10. The summed E-state index contributed by atoms with van der Waals surface area (Å²) in [5, 5.41) is 9.38. The number of hydrogen-bond donors (Lipinski definition) is 1. The minimum absolute atomic E-state index is 0.427. The molecule has 1 N–H and O–H groups in total. The Morgan fingerprint density at radius 3 is 2.60 bits per heavy atom. The highest BCUT2D eigenvalue weighted by atomic mass is 16.3. The zero-order valence-corrected chi connectivity index (χ0v) is 6.63. The van der Waals surface area contributed by atoms with E-state index in [-0.39, 0.29) is 0 Å². The van der Waals surface area contributed by atoms with Gasteiger partial charge in [-0.25, -0.2) is 0 Å². The van der Waals surface area contributed by atoms with Gasteiger partial charge in [-0.2, -0.15) is 0 Å². The van der Waals surface area contributed by atoms with Crippen LogP contribution in [-0.2, 0) is 0 Å². The maximum Gasteiger partial charge on any atom is 0.148 e. The van der Waals surface area contributed by atoms with Crippen LogP contribution in [0.2, 0.25) is 0 Å². The lowest BCUT2D eigenvalue weighted by Crippen LogP contribution is -2.30. The van der Waals surface area contributed by atoms with E-state index in [1.807, 2.05) is 33.2 Å². The Morgan fingerprint density at radius 1 is 1.50 bits per heavy atom. The zero-order valence-electron chi connectivity index (χ0n) is 6.63. The fourth-order valence-electron chi connectivity index (χ4n) is 1.18. The molecular formula is C8H13NO. The van der Waals surface area contributed by atoms with Gasteiger partial charge in [0.15, 0.2) is 0 Å². The Hall–Kier alpha value is -0.760. The molecule has 56 valence electrons. The summed E-state index contributed by atoms with van der Waals surface area (Å²) in [6.45, 7) is 3.95. The van der Waals surface area contributed by atoms with Crippen molar-refractivity contribution in [3.05, 3.63) is 23.4 Å². The standard InChI is InChI=1S/C8H13NO/c1-6-4-7(2)8(10)9(3)5-6/h4-5,8,10H,1-3H3. The normalized spacial score (nSPS) is 26.0. The van der Waals surface area contributed by atoms with Crippen molar-refractivity contribution in [3.8, 4) is 0 Å². The molecule has 1 aliphatic heterocycles. The smallest absolute Gasteiger partial charge is 0.148 e. The maximum absolute atomic E-state index is 9.38. The van der Waals surface area contributed by atoms with E-state index in [1.165, 1.54) is 5.57 Å². The van der Waals surface area contributed by atoms with Crippen LogP contribution in [0.3, 0.4) is 0 Å². The van der Waals surface area contributed by atoms with Crippen molar-refractivity contribution < 1.29 is 5.11 Å². The van der Waals surface area contributed by atoms with Crippen molar-refractivity contribution >= 4 is 0 Å². The molecule has 0 aromatic carbocycles. The third-order valence-electron chi connectivity index (χ3n) is 1.66. The van der Waals surface area contributed by atoms with Crippen molar-refractivity contribution in [1.29, 1.82) is 0 Å². The lowest BCUT2D eigenvalue weighted by molar-refractivity contribution is 0.0851. The highest BCUT2D eigenvalue weighted by molar-refractivity contribution is 5.26. The van der Waals surface area contributed by atoms with Crippen LogP contribution in [0, 0.1) is 0 Å². The van der Waals surface area contributed by atoms with Gasteiger partial charge in [0.1, 0.15) is 6.23 Å². The molecule has 1 heterocycles. The molecule has 10 heavy (non-hydrogen) atoms. The van der Waals surface area contributed by atoms with Crippen molar-refractivity contribution in [2.75, 3.05) is 7.05 Å². The molecular weight excluding hydrogens is 126 g/mol. The van der Waals surface area contributed by atoms with E-state index >= 15 is 0 Å². The Morgan fingerprint density at radius 2 is 2.10 bits per heavy atom. The monoisotopic (exact) mass is 139 g/mol. The lowest BCUT2D eigenvalue weighted by Gasteiger charge is -2.26. The van der Waals surface area contributed by atoms with Crippen molar-refractivity contribution in [2.45, 2.75) is 20.1 Å². The molecule has 2 nitrogen and oxygen atoms in total. The van der Waals surface area contributed by atoms with Gasteiger partial charge in [-0.05, 0) is 25.0 Å². The fourth-order valence-corrected chi connectivity index (χ4v) is 1.18. The second-order valence-corrected chi connectivity index (χ2v) is 2.80. The lowest BCUT2D eigenvalue weighted by atomic mass is 10.1. The van der Waals surface area contributed by atoms with Crippen LogP contribution in [0.25, 0.3) is 0 Å². The maximum atomic E-state index is 9.38. The average Bonchev–Trinajstić information content (AvgIpc) is 1.82. The molecule has 0 aromatic rings. The van der Waals surface area contributed by atoms with Crippen LogP contribution in [-0.4, -0.2) is 23.3 Å². The van der Waals surface area contributed by atoms with Crippen LogP contribution < -0.4 is 0 Å². The van der Waals surface area contributed by atoms with Crippen molar-refractivity contribution in [2.24, 2.45) is 0 Å². The predicted molar refractivity (Wildman–Crippen MR) is 41.3 cm³/mol. The molecule has 0 aliphatic carbocycles. The third kappa shape index (κ3) is 1.21. The number of likely N-dealkylation sites (N-methyl/N-ethyl adjacent to an activating group) is 1. The molecule has 1 unspecified atom stereocenters. The van der Waals surface area contributed by atoms with Gasteiger partial charge < -0.3 is 10.0 Å². The molecule has 0 amide bonds. The molecule has 0 saturated heterocycles.